The molecule has 1 unspecified atom stereocenters. The largest absolute Gasteiger partial charge is 0.334 e. The van der Waals surface area contributed by atoms with Gasteiger partial charge in [-0.1, -0.05) is 41.1 Å². The van der Waals surface area contributed by atoms with Gasteiger partial charge in [0.2, 0.25) is 0 Å². The van der Waals surface area contributed by atoms with Crippen LogP contribution in [0.3, 0.4) is 0 Å². The van der Waals surface area contributed by atoms with E-state index in [2.05, 4.69) is 69.8 Å². The van der Waals surface area contributed by atoms with Crippen LogP contribution in [0, 0.1) is 6.92 Å². The van der Waals surface area contributed by atoms with Crippen molar-refractivity contribution in [3.63, 3.8) is 0 Å². The van der Waals surface area contributed by atoms with E-state index >= 15 is 0 Å². The molecule has 0 fully saturated rings. The van der Waals surface area contributed by atoms with Crippen LogP contribution in [0.15, 0.2) is 35.1 Å². The summed E-state index contributed by atoms with van der Waals surface area (Å²) in [5.74, 6) is 1.08. The minimum atomic E-state index is 0.124. The molecule has 0 aliphatic heterocycles. The van der Waals surface area contributed by atoms with Gasteiger partial charge in [0.25, 0.3) is 0 Å². The maximum atomic E-state index is 4.57. The molecule has 0 saturated carbocycles. The Morgan fingerprint density at radius 3 is 2.85 bits per heavy atom. The van der Waals surface area contributed by atoms with Crippen molar-refractivity contribution in [1.29, 1.82) is 0 Å². The Hall–Kier alpha value is -1.13. The molecule has 0 aliphatic carbocycles. The van der Waals surface area contributed by atoms with Gasteiger partial charge in [-0.3, -0.25) is 0 Å². The van der Waals surface area contributed by atoms with Crippen LogP contribution in [-0.2, 0) is 6.54 Å². The highest BCUT2D eigenvalue weighted by atomic mass is 79.9. The minimum Gasteiger partial charge on any atom is -0.334 e. The molecule has 0 spiro atoms. The summed E-state index contributed by atoms with van der Waals surface area (Å²) in [6.07, 6.45) is 5.02. The van der Waals surface area contributed by atoms with Gasteiger partial charge in [0.15, 0.2) is 0 Å². The van der Waals surface area contributed by atoms with E-state index in [1.807, 2.05) is 12.4 Å². The fourth-order valence-corrected chi connectivity index (χ4v) is 2.86. The van der Waals surface area contributed by atoms with Crippen molar-refractivity contribution in [2.75, 3.05) is 6.54 Å². The predicted molar refractivity (Wildman–Crippen MR) is 86.9 cm³/mol. The number of aromatic nitrogens is 2. The quantitative estimate of drug-likeness (QED) is 0.862. The van der Waals surface area contributed by atoms with Gasteiger partial charge in [-0.25, -0.2) is 4.98 Å². The van der Waals surface area contributed by atoms with Crippen LogP contribution in [0.25, 0.3) is 0 Å². The number of nitrogens with one attached hydrogen (secondary N) is 1. The second-order valence-electron chi connectivity index (χ2n) is 4.94. The van der Waals surface area contributed by atoms with Gasteiger partial charge in [0.05, 0.1) is 6.04 Å². The zero-order valence-electron chi connectivity index (χ0n) is 12.4. The second kappa shape index (κ2) is 7.04. The summed E-state index contributed by atoms with van der Waals surface area (Å²) >= 11 is 3.73. The fraction of sp³-hybridized carbons (Fsp3) is 0.438. The topological polar surface area (TPSA) is 29.9 Å². The lowest BCUT2D eigenvalue weighted by atomic mass is 10.0. The Labute approximate surface area is 129 Å². The molecule has 2 rings (SSSR count). The Morgan fingerprint density at radius 1 is 1.35 bits per heavy atom. The Kier molecular flexibility index (Phi) is 5.38. The third-order valence-corrected chi connectivity index (χ3v) is 4.56. The van der Waals surface area contributed by atoms with E-state index in [0.717, 1.165) is 25.3 Å². The third-order valence-electron chi connectivity index (χ3n) is 3.48. The number of hydrogen-bond donors (Lipinski definition) is 1. The maximum Gasteiger partial charge on any atom is 0.130 e. The highest BCUT2D eigenvalue weighted by Gasteiger charge is 2.20. The lowest BCUT2D eigenvalue weighted by Gasteiger charge is -2.21. The summed E-state index contributed by atoms with van der Waals surface area (Å²) in [6, 6.07) is 6.52. The molecule has 0 amide bonds. The van der Waals surface area contributed by atoms with Gasteiger partial charge in [0.1, 0.15) is 5.82 Å². The van der Waals surface area contributed by atoms with Crippen LogP contribution in [0.1, 0.15) is 43.3 Å². The minimum absolute atomic E-state index is 0.124. The molecule has 108 valence electrons. The normalized spacial score (nSPS) is 12.6. The molecule has 1 aromatic heterocycles. The highest BCUT2D eigenvalue weighted by Crippen LogP contribution is 2.30. The average Bonchev–Trinajstić information content (AvgIpc) is 2.92. The molecule has 1 heterocycles. The van der Waals surface area contributed by atoms with Crippen LogP contribution in [0.4, 0.5) is 0 Å². The maximum absolute atomic E-state index is 4.57. The number of nitrogens with zero attached hydrogens (tertiary/aromatic N) is 2. The van der Waals surface area contributed by atoms with E-state index in [-0.39, 0.29) is 6.04 Å². The van der Waals surface area contributed by atoms with Gasteiger partial charge < -0.3 is 9.88 Å². The first-order chi connectivity index (χ1) is 9.69. The van der Waals surface area contributed by atoms with Crippen LogP contribution in [0.2, 0.25) is 0 Å². The van der Waals surface area contributed by atoms with Gasteiger partial charge in [-0.15, -0.1) is 0 Å². The van der Waals surface area contributed by atoms with Crippen molar-refractivity contribution in [2.24, 2.45) is 0 Å². The zero-order valence-corrected chi connectivity index (χ0v) is 13.9. The fourth-order valence-electron chi connectivity index (χ4n) is 2.37. The van der Waals surface area contributed by atoms with Crippen LogP contribution in [-0.4, -0.2) is 16.1 Å². The first-order valence-corrected chi connectivity index (χ1v) is 7.97. The first-order valence-electron chi connectivity index (χ1n) is 7.18. The number of rotatable bonds is 6. The summed E-state index contributed by atoms with van der Waals surface area (Å²) in [4.78, 5) is 4.57. The number of aryl methyl sites for hydroxylation is 2. The monoisotopic (exact) mass is 335 g/mol. The zero-order chi connectivity index (χ0) is 14.5. The summed E-state index contributed by atoms with van der Waals surface area (Å²) in [7, 11) is 0. The molecule has 1 atom stereocenters. The third kappa shape index (κ3) is 3.13. The molecule has 20 heavy (non-hydrogen) atoms. The van der Waals surface area contributed by atoms with E-state index in [1.54, 1.807) is 0 Å². The smallest absolute Gasteiger partial charge is 0.130 e. The van der Waals surface area contributed by atoms with Crippen molar-refractivity contribution in [2.45, 2.75) is 39.8 Å². The SMILES string of the molecule is CCCNC(c1cccc(C)c1Br)c1nccn1CC. The molecule has 0 saturated heterocycles. The van der Waals surface area contributed by atoms with Gasteiger partial charge in [0, 0.05) is 23.4 Å². The van der Waals surface area contributed by atoms with E-state index in [4.69, 9.17) is 0 Å². The summed E-state index contributed by atoms with van der Waals surface area (Å²) in [6.45, 7) is 8.36. The number of benzene rings is 1. The van der Waals surface area contributed by atoms with Gasteiger partial charge in [-0.2, -0.15) is 0 Å². The van der Waals surface area contributed by atoms with Crippen molar-refractivity contribution in [1.82, 2.24) is 14.9 Å². The number of imidazole rings is 1. The molecule has 1 aromatic carbocycles. The van der Waals surface area contributed by atoms with E-state index in [9.17, 15) is 0 Å². The molecule has 0 aliphatic rings. The summed E-state index contributed by atoms with van der Waals surface area (Å²) in [5, 5.41) is 3.62. The number of hydrogen-bond acceptors (Lipinski definition) is 2. The molecule has 4 heteroatoms. The molecule has 0 radical (unpaired) electrons. The van der Waals surface area contributed by atoms with Crippen LogP contribution >= 0.6 is 15.9 Å². The first kappa shape index (κ1) is 15.3. The highest BCUT2D eigenvalue weighted by molar-refractivity contribution is 9.10. The molecule has 0 bridgehead atoms. The van der Waals surface area contributed by atoms with Crippen molar-refractivity contribution < 1.29 is 0 Å². The van der Waals surface area contributed by atoms with E-state index in [1.165, 1.54) is 15.6 Å². The Bertz CT molecular complexity index is 563. The molecular formula is C16H22BrN3. The second-order valence-corrected chi connectivity index (χ2v) is 5.73. The number of halogens is 1. The molecule has 3 nitrogen and oxygen atoms in total. The lowest BCUT2D eigenvalue weighted by Crippen LogP contribution is -2.26. The Balaban J connectivity index is 2.44. The van der Waals surface area contributed by atoms with E-state index in [0.29, 0.717) is 0 Å². The van der Waals surface area contributed by atoms with Crippen LogP contribution < -0.4 is 5.32 Å². The predicted octanol–water partition coefficient (Wildman–Crippen LogP) is 4.06. The molecular weight excluding hydrogens is 314 g/mol. The lowest BCUT2D eigenvalue weighted by molar-refractivity contribution is 0.540. The standard InChI is InChI=1S/C16H22BrN3/c1-4-9-18-15(16-19-10-11-20(16)5-2)13-8-6-7-12(3)14(13)17/h6-8,10-11,15,18H,4-5,9H2,1-3H3. The molecule has 1 N–H and O–H groups in total. The van der Waals surface area contributed by atoms with Crippen molar-refractivity contribution >= 4 is 15.9 Å². The van der Waals surface area contributed by atoms with Gasteiger partial charge in [-0.05, 0) is 37.9 Å². The average molecular weight is 336 g/mol. The van der Waals surface area contributed by atoms with Crippen LogP contribution in [0.5, 0.6) is 0 Å². The Morgan fingerprint density at radius 2 is 2.15 bits per heavy atom. The summed E-state index contributed by atoms with van der Waals surface area (Å²) < 4.78 is 3.36. The van der Waals surface area contributed by atoms with Crippen molar-refractivity contribution in [3.05, 3.63) is 52.0 Å². The van der Waals surface area contributed by atoms with Crippen molar-refractivity contribution in [3.8, 4) is 0 Å². The van der Waals surface area contributed by atoms with E-state index < -0.39 is 0 Å². The summed E-state index contributed by atoms with van der Waals surface area (Å²) in [5.41, 5.74) is 2.50. The van der Waals surface area contributed by atoms with Gasteiger partial charge >= 0.3 is 0 Å². The molecule has 2 aromatic rings.